The Morgan fingerprint density at radius 3 is 2.67 bits per heavy atom. The Kier molecular flexibility index (Phi) is 5.76. The molecule has 0 bridgehead atoms. The van der Waals surface area contributed by atoms with E-state index in [9.17, 15) is 4.39 Å². The molecule has 0 saturated carbocycles. The Labute approximate surface area is 117 Å². The summed E-state index contributed by atoms with van der Waals surface area (Å²) < 4.78 is 19.8. The molecule has 0 amide bonds. The molecule has 0 aliphatic carbocycles. The molecule has 102 valence electrons. The second-order valence-electron chi connectivity index (χ2n) is 4.79. The summed E-state index contributed by atoms with van der Waals surface area (Å²) in [5.74, 6) is -0.225. The van der Waals surface area contributed by atoms with E-state index in [1.165, 1.54) is 6.07 Å². The third-order valence-corrected chi connectivity index (χ3v) is 4.05. The van der Waals surface area contributed by atoms with Crippen molar-refractivity contribution in [1.82, 2.24) is 5.32 Å². The highest BCUT2D eigenvalue weighted by Crippen LogP contribution is 2.25. The molecule has 1 aromatic carbocycles. The van der Waals surface area contributed by atoms with Gasteiger partial charge in [0.1, 0.15) is 5.82 Å². The molecule has 0 saturated heterocycles. The molecule has 2 nitrogen and oxygen atoms in total. The van der Waals surface area contributed by atoms with Crippen molar-refractivity contribution in [2.24, 2.45) is 0 Å². The number of ether oxygens (including phenoxy) is 1. The van der Waals surface area contributed by atoms with Gasteiger partial charge in [0, 0.05) is 12.6 Å². The van der Waals surface area contributed by atoms with Crippen molar-refractivity contribution >= 4 is 15.9 Å². The molecule has 1 rings (SSSR count). The summed E-state index contributed by atoms with van der Waals surface area (Å²) in [7, 11) is 1.90. The number of hydrogen-bond donors (Lipinski definition) is 1. The Bertz CT molecular complexity index is 395. The molecular weight excluding hydrogens is 297 g/mol. The number of nitrogens with one attached hydrogen (secondary N) is 1. The van der Waals surface area contributed by atoms with Gasteiger partial charge in [-0.3, -0.25) is 0 Å². The quantitative estimate of drug-likeness (QED) is 0.866. The summed E-state index contributed by atoms with van der Waals surface area (Å²) in [6.45, 7) is 6.73. The third kappa shape index (κ3) is 3.77. The van der Waals surface area contributed by atoms with Crippen LogP contribution in [0.1, 0.15) is 26.3 Å². The molecule has 4 heteroatoms. The first kappa shape index (κ1) is 15.6. The fourth-order valence-electron chi connectivity index (χ4n) is 2.09. The van der Waals surface area contributed by atoms with E-state index in [0.29, 0.717) is 17.5 Å². The van der Waals surface area contributed by atoms with E-state index >= 15 is 0 Å². The van der Waals surface area contributed by atoms with Crippen molar-refractivity contribution in [2.75, 3.05) is 13.7 Å². The molecule has 0 fully saturated rings. The van der Waals surface area contributed by atoms with Crippen molar-refractivity contribution in [3.8, 4) is 0 Å². The average Bonchev–Trinajstić information content (AvgIpc) is 2.30. The zero-order chi connectivity index (χ0) is 13.8. The summed E-state index contributed by atoms with van der Waals surface area (Å²) in [6, 6.07) is 5.24. The number of hydrogen-bond acceptors (Lipinski definition) is 2. The number of halogens is 2. The van der Waals surface area contributed by atoms with Crippen LogP contribution < -0.4 is 5.32 Å². The first-order chi connectivity index (χ1) is 8.42. The summed E-state index contributed by atoms with van der Waals surface area (Å²) in [6.07, 6.45) is 0.710. The van der Waals surface area contributed by atoms with E-state index < -0.39 is 0 Å². The highest BCUT2D eigenvalue weighted by molar-refractivity contribution is 9.10. The third-order valence-electron chi connectivity index (χ3n) is 3.16. The topological polar surface area (TPSA) is 21.3 Å². The van der Waals surface area contributed by atoms with Gasteiger partial charge in [0.2, 0.25) is 0 Å². The number of rotatable bonds is 6. The summed E-state index contributed by atoms with van der Waals surface area (Å²) >= 11 is 3.30. The van der Waals surface area contributed by atoms with E-state index in [1.807, 2.05) is 33.9 Å². The SMILES string of the molecule is CCOC(C)(C)C(Cc1cccc(F)c1Br)NC. The number of benzene rings is 1. The maximum Gasteiger partial charge on any atom is 0.137 e. The van der Waals surface area contributed by atoms with Crippen LogP contribution in [0.3, 0.4) is 0 Å². The van der Waals surface area contributed by atoms with Crippen LogP contribution in [0.5, 0.6) is 0 Å². The van der Waals surface area contributed by atoms with Crippen molar-refractivity contribution in [3.63, 3.8) is 0 Å². The predicted molar refractivity (Wildman–Crippen MR) is 76.4 cm³/mol. The van der Waals surface area contributed by atoms with Gasteiger partial charge < -0.3 is 10.1 Å². The van der Waals surface area contributed by atoms with Gasteiger partial charge in [0.05, 0.1) is 10.1 Å². The maximum absolute atomic E-state index is 13.5. The highest BCUT2D eigenvalue weighted by Gasteiger charge is 2.29. The van der Waals surface area contributed by atoms with Gasteiger partial charge in [-0.2, -0.15) is 0 Å². The maximum atomic E-state index is 13.5. The van der Waals surface area contributed by atoms with Crippen LogP contribution in [0, 0.1) is 5.82 Å². The second kappa shape index (κ2) is 6.64. The Hall–Kier alpha value is -0.450. The van der Waals surface area contributed by atoms with E-state index in [-0.39, 0.29) is 17.5 Å². The summed E-state index contributed by atoms with van der Waals surface area (Å²) in [4.78, 5) is 0. The van der Waals surface area contributed by atoms with Crippen LogP contribution in [0.4, 0.5) is 4.39 Å². The minimum atomic E-state index is -0.296. The lowest BCUT2D eigenvalue weighted by atomic mass is 9.92. The van der Waals surface area contributed by atoms with Gasteiger partial charge in [-0.1, -0.05) is 12.1 Å². The average molecular weight is 318 g/mol. The molecule has 1 N–H and O–H groups in total. The highest BCUT2D eigenvalue weighted by atomic mass is 79.9. The van der Waals surface area contributed by atoms with Gasteiger partial charge in [0.25, 0.3) is 0 Å². The van der Waals surface area contributed by atoms with Gasteiger partial charge in [-0.05, 0) is 61.8 Å². The van der Waals surface area contributed by atoms with E-state index in [2.05, 4.69) is 21.2 Å². The molecule has 0 heterocycles. The number of likely N-dealkylation sites (N-methyl/N-ethyl adjacent to an activating group) is 1. The van der Waals surface area contributed by atoms with Gasteiger partial charge >= 0.3 is 0 Å². The van der Waals surface area contributed by atoms with Gasteiger partial charge in [-0.15, -0.1) is 0 Å². The lowest BCUT2D eigenvalue weighted by Crippen LogP contribution is -2.48. The smallest absolute Gasteiger partial charge is 0.137 e. The van der Waals surface area contributed by atoms with Crippen molar-refractivity contribution in [3.05, 3.63) is 34.1 Å². The van der Waals surface area contributed by atoms with E-state index in [0.717, 1.165) is 5.56 Å². The molecule has 0 aliphatic heterocycles. The normalized spacial score (nSPS) is 13.7. The Balaban J connectivity index is 2.89. The van der Waals surface area contributed by atoms with Crippen LogP contribution in [0.2, 0.25) is 0 Å². The van der Waals surface area contributed by atoms with Crippen molar-refractivity contribution in [1.29, 1.82) is 0 Å². The summed E-state index contributed by atoms with van der Waals surface area (Å²) in [5, 5.41) is 3.25. The van der Waals surface area contributed by atoms with Crippen LogP contribution in [0.25, 0.3) is 0 Å². The van der Waals surface area contributed by atoms with Crippen molar-refractivity contribution < 1.29 is 9.13 Å². The predicted octanol–water partition coefficient (Wildman–Crippen LogP) is 3.53. The molecule has 0 aliphatic rings. The van der Waals surface area contributed by atoms with Crippen LogP contribution in [0.15, 0.2) is 22.7 Å². The van der Waals surface area contributed by atoms with Crippen LogP contribution >= 0.6 is 15.9 Å². The molecular formula is C14H21BrFNO. The van der Waals surface area contributed by atoms with Crippen LogP contribution in [-0.2, 0) is 11.2 Å². The molecule has 0 aromatic heterocycles. The fourth-order valence-corrected chi connectivity index (χ4v) is 2.52. The monoisotopic (exact) mass is 317 g/mol. The standard InChI is InChI=1S/C14H21BrFNO/c1-5-18-14(2,3)12(17-4)9-10-7-6-8-11(16)13(10)15/h6-8,12,17H,5,9H2,1-4H3. The molecule has 18 heavy (non-hydrogen) atoms. The Morgan fingerprint density at radius 2 is 2.11 bits per heavy atom. The van der Waals surface area contributed by atoms with Gasteiger partial charge in [0.15, 0.2) is 0 Å². The lowest BCUT2D eigenvalue weighted by Gasteiger charge is -2.34. The zero-order valence-electron chi connectivity index (χ0n) is 11.4. The minimum Gasteiger partial charge on any atom is -0.374 e. The molecule has 1 aromatic rings. The first-order valence-electron chi connectivity index (χ1n) is 6.16. The molecule has 1 atom stereocenters. The van der Waals surface area contributed by atoms with Crippen LogP contribution in [-0.4, -0.2) is 25.3 Å². The lowest BCUT2D eigenvalue weighted by molar-refractivity contribution is -0.0363. The summed E-state index contributed by atoms with van der Waals surface area (Å²) in [5.41, 5.74) is 0.650. The largest absolute Gasteiger partial charge is 0.374 e. The molecule has 0 spiro atoms. The second-order valence-corrected chi connectivity index (χ2v) is 5.59. The van der Waals surface area contributed by atoms with Gasteiger partial charge in [-0.25, -0.2) is 4.39 Å². The van der Waals surface area contributed by atoms with E-state index in [1.54, 1.807) is 6.07 Å². The molecule has 0 radical (unpaired) electrons. The Morgan fingerprint density at radius 1 is 1.44 bits per heavy atom. The first-order valence-corrected chi connectivity index (χ1v) is 6.95. The van der Waals surface area contributed by atoms with E-state index in [4.69, 9.17) is 4.74 Å². The fraction of sp³-hybridized carbons (Fsp3) is 0.571. The zero-order valence-corrected chi connectivity index (χ0v) is 13.0. The molecule has 1 unspecified atom stereocenters. The minimum absolute atomic E-state index is 0.121. The van der Waals surface area contributed by atoms with Crippen molar-refractivity contribution in [2.45, 2.75) is 38.8 Å².